The highest BCUT2D eigenvalue weighted by molar-refractivity contribution is 5.83. The molecule has 1 amide bonds. The molecule has 0 saturated carbocycles. The van der Waals surface area contributed by atoms with Crippen molar-refractivity contribution in [3.05, 3.63) is 35.4 Å². The van der Waals surface area contributed by atoms with Crippen LogP contribution in [-0.4, -0.2) is 47.8 Å². The minimum absolute atomic E-state index is 0.00535. The van der Waals surface area contributed by atoms with E-state index in [-0.39, 0.29) is 23.5 Å². The molecule has 0 aromatic heterocycles. The lowest BCUT2D eigenvalue weighted by Crippen LogP contribution is -2.57. The van der Waals surface area contributed by atoms with E-state index >= 15 is 0 Å². The second kappa shape index (κ2) is 8.65. The van der Waals surface area contributed by atoms with Crippen molar-refractivity contribution < 1.29 is 9.90 Å². The Morgan fingerprint density at radius 2 is 2.04 bits per heavy atom. The van der Waals surface area contributed by atoms with E-state index in [1.54, 1.807) is 11.9 Å². The fraction of sp³-hybridized carbons (Fsp3) is 0.550. The molecule has 1 aliphatic rings. The van der Waals surface area contributed by atoms with Gasteiger partial charge in [0.2, 0.25) is 5.91 Å². The Bertz CT molecular complexity index is 645. The average Bonchev–Trinajstić information content (AvgIpc) is 2.95. The van der Waals surface area contributed by atoms with Gasteiger partial charge in [0.1, 0.15) is 0 Å². The van der Waals surface area contributed by atoms with Gasteiger partial charge in [-0.2, -0.15) is 0 Å². The lowest BCUT2D eigenvalue weighted by molar-refractivity contribution is -0.137. The summed E-state index contributed by atoms with van der Waals surface area (Å²) in [5.74, 6) is 2.59. The number of aliphatic hydroxyl groups is 1. The number of hydrogen-bond donors (Lipinski definition) is 4. The largest absolute Gasteiger partial charge is 0.391 e. The van der Waals surface area contributed by atoms with Crippen LogP contribution >= 0.6 is 0 Å². The number of β-amino-alcohol motifs (C(OH)–C–C–N with tert-alkyl or cyclic N) is 1. The van der Waals surface area contributed by atoms with E-state index in [0.29, 0.717) is 19.5 Å². The molecule has 6 heteroatoms. The highest BCUT2D eigenvalue weighted by Gasteiger charge is 2.40. The van der Waals surface area contributed by atoms with Crippen molar-refractivity contribution in [2.75, 3.05) is 13.6 Å². The highest BCUT2D eigenvalue weighted by Crippen LogP contribution is 2.24. The van der Waals surface area contributed by atoms with Gasteiger partial charge in [0.25, 0.3) is 0 Å². The lowest BCUT2D eigenvalue weighted by atomic mass is 9.86. The third kappa shape index (κ3) is 5.05. The van der Waals surface area contributed by atoms with Crippen LogP contribution in [0.3, 0.4) is 0 Å². The van der Waals surface area contributed by atoms with Crippen LogP contribution in [0.4, 0.5) is 0 Å². The first-order chi connectivity index (χ1) is 12.3. The van der Waals surface area contributed by atoms with E-state index in [2.05, 4.69) is 22.1 Å². The number of benzene rings is 1. The number of rotatable bonds is 6. The number of carbonyl (C=O) groups excluding carboxylic acids is 1. The standard InChI is InChI=1S/C20H30N4O2/c1-6-14-7-9-15(10-8-14)12-22-23-17-11-16(25)13-24(17)19(26)18(21-5)20(2,3)4/h1,7-10,16-18,21-23,25H,11-13H2,2-5H3/t16-,17+,18-/m1/s1. The second-order valence-corrected chi connectivity index (χ2v) is 7.82. The van der Waals surface area contributed by atoms with Gasteiger partial charge in [-0.15, -0.1) is 6.42 Å². The minimum atomic E-state index is -0.523. The van der Waals surface area contributed by atoms with Crippen LogP contribution in [0.2, 0.25) is 0 Å². The predicted molar refractivity (Wildman–Crippen MR) is 103 cm³/mol. The summed E-state index contributed by atoms with van der Waals surface area (Å²) in [4.78, 5) is 14.7. The summed E-state index contributed by atoms with van der Waals surface area (Å²) in [6.45, 7) is 7.01. The highest BCUT2D eigenvalue weighted by atomic mass is 16.3. The summed E-state index contributed by atoms with van der Waals surface area (Å²) in [6.07, 6.45) is 5.08. The zero-order valence-electron chi connectivity index (χ0n) is 16.0. The molecule has 1 aliphatic heterocycles. The number of nitrogens with zero attached hydrogens (tertiary/aromatic N) is 1. The molecule has 142 valence electrons. The van der Waals surface area contributed by atoms with Crippen molar-refractivity contribution in [1.82, 2.24) is 21.1 Å². The van der Waals surface area contributed by atoms with Gasteiger partial charge in [0.05, 0.1) is 18.3 Å². The van der Waals surface area contributed by atoms with Crippen molar-refractivity contribution >= 4 is 5.91 Å². The summed E-state index contributed by atoms with van der Waals surface area (Å²) < 4.78 is 0. The lowest BCUT2D eigenvalue weighted by Gasteiger charge is -2.35. The van der Waals surface area contributed by atoms with E-state index in [1.807, 2.05) is 45.0 Å². The van der Waals surface area contributed by atoms with E-state index in [9.17, 15) is 9.90 Å². The van der Waals surface area contributed by atoms with Crippen molar-refractivity contribution in [2.45, 2.75) is 52.0 Å². The third-order valence-corrected chi connectivity index (χ3v) is 4.65. The van der Waals surface area contributed by atoms with Crippen LogP contribution in [0, 0.1) is 17.8 Å². The normalized spacial score (nSPS) is 21.5. The number of nitrogens with one attached hydrogen (secondary N) is 3. The van der Waals surface area contributed by atoms with Crippen LogP contribution in [0.15, 0.2) is 24.3 Å². The molecule has 1 saturated heterocycles. The molecule has 0 unspecified atom stereocenters. The molecule has 3 atom stereocenters. The number of hydrogen-bond acceptors (Lipinski definition) is 5. The molecule has 26 heavy (non-hydrogen) atoms. The molecular weight excluding hydrogens is 328 g/mol. The maximum Gasteiger partial charge on any atom is 0.241 e. The van der Waals surface area contributed by atoms with Gasteiger partial charge in [0.15, 0.2) is 0 Å². The molecule has 1 heterocycles. The SMILES string of the molecule is C#Cc1ccc(CNN[C@@H]2C[C@@H](O)CN2C(=O)[C@@H](NC)C(C)(C)C)cc1. The second-order valence-electron chi connectivity index (χ2n) is 7.82. The number of terminal acetylenes is 1. The molecular formula is C20H30N4O2. The van der Waals surface area contributed by atoms with E-state index < -0.39 is 6.10 Å². The van der Waals surface area contributed by atoms with Crippen LogP contribution in [0.1, 0.15) is 38.3 Å². The van der Waals surface area contributed by atoms with E-state index in [0.717, 1.165) is 11.1 Å². The number of amides is 1. The first kappa shape index (κ1) is 20.4. The molecule has 1 aromatic rings. The Morgan fingerprint density at radius 1 is 1.38 bits per heavy atom. The van der Waals surface area contributed by atoms with Crippen LogP contribution in [-0.2, 0) is 11.3 Å². The number of likely N-dealkylation sites (N-methyl/N-ethyl adjacent to an activating group) is 1. The van der Waals surface area contributed by atoms with Gasteiger partial charge in [0, 0.05) is 25.1 Å². The molecule has 0 radical (unpaired) electrons. The van der Waals surface area contributed by atoms with Gasteiger partial charge >= 0.3 is 0 Å². The average molecular weight is 358 g/mol. The third-order valence-electron chi connectivity index (χ3n) is 4.65. The maximum atomic E-state index is 12.9. The van der Waals surface area contributed by atoms with Crippen molar-refractivity contribution in [2.24, 2.45) is 5.41 Å². The molecule has 1 fully saturated rings. The molecule has 6 nitrogen and oxygen atoms in total. The van der Waals surface area contributed by atoms with Crippen molar-refractivity contribution in [1.29, 1.82) is 0 Å². The molecule has 4 N–H and O–H groups in total. The molecule has 1 aromatic carbocycles. The Balaban J connectivity index is 1.96. The Labute approximate surface area is 156 Å². The maximum absolute atomic E-state index is 12.9. The van der Waals surface area contributed by atoms with Gasteiger partial charge in [-0.3, -0.25) is 10.2 Å². The van der Waals surface area contributed by atoms with Crippen molar-refractivity contribution in [3.8, 4) is 12.3 Å². The fourth-order valence-electron chi connectivity index (χ4n) is 3.28. The zero-order valence-corrected chi connectivity index (χ0v) is 16.0. The summed E-state index contributed by atoms with van der Waals surface area (Å²) in [5, 5.41) is 13.2. The summed E-state index contributed by atoms with van der Waals surface area (Å²) in [7, 11) is 1.79. The Kier molecular flexibility index (Phi) is 6.79. The van der Waals surface area contributed by atoms with E-state index in [1.165, 1.54) is 0 Å². The summed E-state index contributed by atoms with van der Waals surface area (Å²) >= 11 is 0. The Hall–Kier alpha value is -1.91. The molecule has 0 spiro atoms. The first-order valence-corrected chi connectivity index (χ1v) is 8.96. The van der Waals surface area contributed by atoms with Crippen molar-refractivity contribution in [3.63, 3.8) is 0 Å². The number of aliphatic hydroxyl groups excluding tert-OH is 1. The van der Waals surface area contributed by atoms with Crippen LogP contribution in [0.25, 0.3) is 0 Å². The minimum Gasteiger partial charge on any atom is -0.391 e. The fourth-order valence-corrected chi connectivity index (χ4v) is 3.28. The monoisotopic (exact) mass is 358 g/mol. The zero-order chi connectivity index (χ0) is 19.3. The topological polar surface area (TPSA) is 76.6 Å². The van der Waals surface area contributed by atoms with Gasteiger partial charge < -0.3 is 15.3 Å². The first-order valence-electron chi connectivity index (χ1n) is 8.96. The number of likely N-dealkylation sites (tertiary alicyclic amines) is 1. The Morgan fingerprint density at radius 3 is 2.58 bits per heavy atom. The van der Waals surface area contributed by atoms with Gasteiger partial charge in [-0.1, -0.05) is 38.8 Å². The van der Waals surface area contributed by atoms with Gasteiger partial charge in [-0.25, -0.2) is 5.43 Å². The van der Waals surface area contributed by atoms with E-state index in [4.69, 9.17) is 6.42 Å². The summed E-state index contributed by atoms with van der Waals surface area (Å²) in [5.41, 5.74) is 8.04. The molecule has 0 bridgehead atoms. The molecule has 0 aliphatic carbocycles. The molecule has 2 rings (SSSR count). The smallest absolute Gasteiger partial charge is 0.241 e. The number of carbonyl (C=O) groups is 1. The van der Waals surface area contributed by atoms with Crippen LogP contribution < -0.4 is 16.2 Å². The predicted octanol–water partition coefficient (Wildman–Crippen LogP) is 0.816. The number of hydrazine groups is 1. The van der Waals surface area contributed by atoms with Crippen LogP contribution in [0.5, 0.6) is 0 Å². The quantitative estimate of drug-likeness (QED) is 0.447. The van der Waals surface area contributed by atoms with Gasteiger partial charge in [-0.05, 0) is 30.2 Å². The summed E-state index contributed by atoms with van der Waals surface area (Å²) in [6, 6.07) is 7.41.